The maximum absolute atomic E-state index is 13.9. The number of pyridine rings is 1. The number of carboxylic acids is 2. The Balaban J connectivity index is 0.000000768. The van der Waals surface area contributed by atoms with Crippen LogP contribution < -0.4 is 10.6 Å². The van der Waals surface area contributed by atoms with Crippen LogP contribution in [0.3, 0.4) is 0 Å². The minimum absolute atomic E-state index is 0.0850. The zero-order valence-corrected chi connectivity index (χ0v) is 34.2. The Morgan fingerprint density at radius 2 is 1.59 bits per heavy atom. The third kappa shape index (κ3) is 11.6. The third-order valence-electron chi connectivity index (χ3n) is 11.5. The van der Waals surface area contributed by atoms with Gasteiger partial charge in [0.25, 0.3) is 11.8 Å². The van der Waals surface area contributed by atoms with Gasteiger partial charge >= 0.3 is 18.1 Å². The molecule has 2 aliphatic heterocycles. The predicted octanol–water partition coefficient (Wildman–Crippen LogP) is 6.75. The van der Waals surface area contributed by atoms with Crippen LogP contribution >= 0.6 is 11.3 Å². The number of nitrogens with one attached hydrogen (secondary N) is 2. The molecule has 16 heteroatoms. The van der Waals surface area contributed by atoms with E-state index in [1.807, 2.05) is 42.5 Å². The summed E-state index contributed by atoms with van der Waals surface area (Å²) in [7, 11) is 0. The van der Waals surface area contributed by atoms with Gasteiger partial charge in [0.1, 0.15) is 10.3 Å². The maximum atomic E-state index is 13.9. The number of carbonyl (C=O) groups excluding carboxylic acids is 2. The second-order valence-electron chi connectivity index (χ2n) is 16.8. The average molecular weight is 837 g/mol. The normalized spacial score (nSPS) is 18.5. The molecule has 0 bridgehead atoms. The number of rotatable bonds is 11. The van der Waals surface area contributed by atoms with E-state index < -0.39 is 18.1 Å². The van der Waals surface area contributed by atoms with Crippen molar-refractivity contribution in [2.75, 3.05) is 32.7 Å². The van der Waals surface area contributed by atoms with Gasteiger partial charge in [-0.3, -0.25) is 19.3 Å². The molecule has 2 fully saturated rings. The second kappa shape index (κ2) is 18.6. The summed E-state index contributed by atoms with van der Waals surface area (Å²) < 4.78 is 31.7. The number of benzene rings is 2. The van der Waals surface area contributed by atoms with E-state index in [1.54, 1.807) is 0 Å². The Kier molecular flexibility index (Phi) is 13.7. The standard InChI is InChI=1S/C41H50N6O4S.C2HF3O2/c1-41(2,3)31-12-13-33-30(21-31)22-35-38(44-33)52-39(45-35)37(49)43-34(16-19-46-17-14-27(15-18-46)40(50)51)28-10-7-11-29(20-28)36(48)42-32-24-47(25-32)23-26-8-5-4-6-9-26;3-2(4,5)1(6)7/h4-11,20,22,27,31-32,34H,12-19,21,23-25H2,1-3H3,(H,42,48)(H,43,49)(H,50,51);(H,6,7)/t31-,34+;/m0./s1. The molecule has 0 spiro atoms. The summed E-state index contributed by atoms with van der Waals surface area (Å²) in [6, 6.07) is 19.7. The number of aromatic nitrogens is 2. The molecule has 7 rings (SSSR count). The molecule has 12 nitrogen and oxygen atoms in total. The molecular formula is C43H51F3N6O6S. The number of carboxylic acid groups (broad SMARTS) is 2. The van der Waals surface area contributed by atoms with Gasteiger partial charge in [-0.15, -0.1) is 0 Å². The van der Waals surface area contributed by atoms with Gasteiger partial charge in [0, 0.05) is 37.4 Å². The molecule has 2 atom stereocenters. The highest BCUT2D eigenvalue weighted by Gasteiger charge is 2.38. The van der Waals surface area contributed by atoms with Crippen LogP contribution in [0.1, 0.15) is 95.0 Å². The van der Waals surface area contributed by atoms with Crippen LogP contribution in [0, 0.1) is 17.3 Å². The molecule has 316 valence electrons. The van der Waals surface area contributed by atoms with Gasteiger partial charge in [-0.2, -0.15) is 13.2 Å². The predicted molar refractivity (Wildman–Crippen MR) is 217 cm³/mol. The summed E-state index contributed by atoms with van der Waals surface area (Å²) in [6.45, 7) is 11.4. The van der Waals surface area contributed by atoms with Crippen molar-refractivity contribution in [3.8, 4) is 0 Å². The summed E-state index contributed by atoms with van der Waals surface area (Å²) >= 11 is 1.33. The van der Waals surface area contributed by atoms with E-state index in [9.17, 15) is 32.7 Å². The summed E-state index contributed by atoms with van der Waals surface area (Å²) in [5, 5.41) is 23.4. The first kappa shape index (κ1) is 43.6. The third-order valence-corrected chi connectivity index (χ3v) is 12.4. The smallest absolute Gasteiger partial charge is 0.481 e. The number of fused-ring (bicyclic) bond motifs is 2. The van der Waals surface area contributed by atoms with Crippen LogP contribution in [0.25, 0.3) is 10.3 Å². The van der Waals surface area contributed by atoms with Gasteiger partial charge in [0.15, 0.2) is 5.01 Å². The van der Waals surface area contributed by atoms with Crippen LogP contribution in [0.2, 0.25) is 0 Å². The molecular weight excluding hydrogens is 786 g/mol. The van der Waals surface area contributed by atoms with Gasteiger partial charge < -0.3 is 25.7 Å². The zero-order chi connectivity index (χ0) is 42.5. The van der Waals surface area contributed by atoms with E-state index in [2.05, 4.69) is 59.4 Å². The quantitative estimate of drug-likeness (QED) is 0.127. The lowest BCUT2D eigenvalue weighted by Crippen LogP contribution is -2.58. The molecule has 4 N–H and O–H groups in total. The lowest BCUT2D eigenvalue weighted by atomic mass is 9.71. The molecule has 2 aromatic carbocycles. The molecule has 4 heterocycles. The topological polar surface area (TPSA) is 165 Å². The lowest BCUT2D eigenvalue weighted by molar-refractivity contribution is -0.192. The average Bonchev–Trinajstić information content (AvgIpc) is 3.60. The highest BCUT2D eigenvalue weighted by molar-refractivity contribution is 7.19. The van der Waals surface area contributed by atoms with Crippen molar-refractivity contribution in [3.63, 3.8) is 0 Å². The molecule has 59 heavy (non-hydrogen) atoms. The Morgan fingerprint density at radius 1 is 0.898 bits per heavy atom. The first-order valence-electron chi connectivity index (χ1n) is 20.0. The van der Waals surface area contributed by atoms with Crippen molar-refractivity contribution >= 4 is 45.4 Å². The molecule has 4 aromatic rings. The Labute approximate surface area is 345 Å². The van der Waals surface area contributed by atoms with Gasteiger partial charge in [-0.25, -0.2) is 14.8 Å². The Morgan fingerprint density at radius 3 is 2.24 bits per heavy atom. The number of amides is 2. The number of aryl methyl sites for hydroxylation is 1. The molecule has 0 radical (unpaired) electrons. The van der Waals surface area contributed by atoms with Crippen molar-refractivity contribution in [2.24, 2.45) is 17.3 Å². The molecule has 2 amide bonds. The van der Waals surface area contributed by atoms with Gasteiger partial charge in [0.2, 0.25) is 0 Å². The number of thiazole rings is 1. The summed E-state index contributed by atoms with van der Waals surface area (Å²) in [4.78, 5) is 62.8. The fourth-order valence-corrected chi connectivity index (χ4v) is 8.75. The fourth-order valence-electron chi connectivity index (χ4n) is 7.90. The van der Waals surface area contributed by atoms with Crippen LogP contribution in [-0.4, -0.2) is 98.7 Å². The van der Waals surface area contributed by atoms with E-state index in [-0.39, 0.29) is 35.2 Å². The van der Waals surface area contributed by atoms with E-state index in [0.717, 1.165) is 60.5 Å². The molecule has 0 saturated carbocycles. The number of likely N-dealkylation sites (tertiary alicyclic amines) is 2. The number of hydrogen-bond acceptors (Lipinski definition) is 9. The highest BCUT2D eigenvalue weighted by atomic mass is 32.1. The number of carbonyl (C=O) groups is 4. The zero-order valence-electron chi connectivity index (χ0n) is 33.4. The van der Waals surface area contributed by atoms with Crippen LogP contribution in [-0.2, 0) is 29.0 Å². The molecule has 2 saturated heterocycles. The number of hydrogen-bond donors (Lipinski definition) is 4. The summed E-state index contributed by atoms with van der Waals surface area (Å²) in [5.41, 5.74) is 6.01. The molecule has 3 aliphatic rings. The van der Waals surface area contributed by atoms with Crippen molar-refractivity contribution in [2.45, 2.75) is 84.1 Å². The first-order valence-corrected chi connectivity index (χ1v) is 20.8. The minimum Gasteiger partial charge on any atom is -0.481 e. The first-order chi connectivity index (χ1) is 27.9. The SMILES string of the molecule is CC(C)(C)[C@H]1CCc2nc3sc(C(=O)N[C@H](CCN4CCC(C(=O)O)CC4)c4cccc(C(=O)NC5CN(Cc6ccccc6)C5)c4)nc3cc2C1.O=C(O)C(F)(F)F. The van der Waals surface area contributed by atoms with Crippen molar-refractivity contribution in [1.82, 2.24) is 30.4 Å². The second-order valence-corrected chi connectivity index (χ2v) is 17.8. The van der Waals surface area contributed by atoms with Gasteiger partial charge in [-0.1, -0.05) is 74.6 Å². The van der Waals surface area contributed by atoms with Crippen LogP contribution in [0.5, 0.6) is 0 Å². The number of alkyl halides is 3. The van der Waals surface area contributed by atoms with Crippen molar-refractivity contribution in [3.05, 3.63) is 93.6 Å². The molecule has 0 unspecified atom stereocenters. The van der Waals surface area contributed by atoms with E-state index in [0.29, 0.717) is 55.4 Å². The van der Waals surface area contributed by atoms with Crippen LogP contribution in [0.15, 0.2) is 60.7 Å². The Hall–Kier alpha value is -4.93. The number of piperidine rings is 1. The molecule has 2 aromatic heterocycles. The van der Waals surface area contributed by atoms with E-state index >= 15 is 0 Å². The minimum atomic E-state index is -5.08. The fraction of sp³-hybridized carbons (Fsp3) is 0.488. The van der Waals surface area contributed by atoms with Crippen LogP contribution in [0.4, 0.5) is 13.2 Å². The van der Waals surface area contributed by atoms with E-state index in [1.165, 1.54) is 22.5 Å². The largest absolute Gasteiger partial charge is 0.490 e. The van der Waals surface area contributed by atoms with E-state index in [4.69, 9.17) is 19.9 Å². The Bertz CT molecular complexity index is 2130. The van der Waals surface area contributed by atoms with Crippen molar-refractivity contribution in [1.29, 1.82) is 0 Å². The maximum Gasteiger partial charge on any atom is 0.490 e. The number of halogens is 3. The monoisotopic (exact) mass is 836 g/mol. The van der Waals surface area contributed by atoms with Gasteiger partial charge in [0.05, 0.1) is 18.0 Å². The number of aliphatic carboxylic acids is 2. The highest BCUT2D eigenvalue weighted by Crippen LogP contribution is 2.38. The summed E-state index contributed by atoms with van der Waals surface area (Å²) in [5.74, 6) is -3.59. The number of nitrogens with zero attached hydrogens (tertiary/aromatic N) is 4. The van der Waals surface area contributed by atoms with Gasteiger partial charge in [-0.05, 0) is 97.8 Å². The molecule has 1 aliphatic carbocycles. The lowest BCUT2D eigenvalue weighted by Gasteiger charge is -2.39. The summed E-state index contributed by atoms with van der Waals surface area (Å²) in [6.07, 6.45) is -0.215. The van der Waals surface area contributed by atoms with Crippen molar-refractivity contribution < 1.29 is 42.6 Å².